The molecule has 1 amide bonds. The Morgan fingerprint density at radius 2 is 1.89 bits per heavy atom. The number of rotatable bonds is 4. The quantitative estimate of drug-likeness (QED) is 0.561. The highest BCUT2D eigenvalue weighted by molar-refractivity contribution is 6.31. The molecular formula is C21H17ClN4O. The van der Waals surface area contributed by atoms with Crippen LogP contribution in [-0.4, -0.2) is 20.4 Å². The molecule has 0 fully saturated rings. The smallest absolute Gasteiger partial charge is 0.244 e. The Kier molecular flexibility index (Phi) is 4.60. The summed E-state index contributed by atoms with van der Waals surface area (Å²) in [6.45, 7) is 2.07. The van der Waals surface area contributed by atoms with Crippen molar-refractivity contribution in [2.24, 2.45) is 0 Å². The van der Waals surface area contributed by atoms with E-state index in [0.717, 1.165) is 28.0 Å². The minimum absolute atomic E-state index is 0.143. The number of carbonyl (C=O) groups is 1. The molecule has 0 spiro atoms. The Morgan fingerprint density at radius 1 is 1.11 bits per heavy atom. The summed E-state index contributed by atoms with van der Waals surface area (Å²) >= 11 is 6.15. The first-order valence-electron chi connectivity index (χ1n) is 8.53. The highest BCUT2D eigenvalue weighted by atomic mass is 35.5. The molecule has 4 rings (SSSR count). The standard InChI is InChI=1S/C21H17ClN4O/c1-14-6-7-16(12-17(14)22)24-20(27)13-26-19-5-3-2-4-18(19)25-21(26)15-8-10-23-11-9-15/h2-12H,13H2,1H3,(H,24,27). The van der Waals surface area contributed by atoms with Crippen LogP contribution in [-0.2, 0) is 11.3 Å². The van der Waals surface area contributed by atoms with Gasteiger partial charge in [-0.05, 0) is 48.9 Å². The maximum Gasteiger partial charge on any atom is 0.244 e. The molecule has 27 heavy (non-hydrogen) atoms. The van der Waals surface area contributed by atoms with Crippen LogP contribution in [0.5, 0.6) is 0 Å². The highest BCUT2D eigenvalue weighted by Crippen LogP contribution is 2.25. The molecule has 0 saturated heterocycles. The second-order valence-electron chi connectivity index (χ2n) is 6.26. The van der Waals surface area contributed by atoms with Crippen molar-refractivity contribution in [3.05, 3.63) is 77.6 Å². The van der Waals surface area contributed by atoms with Crippen LogP contribution in [0.1, 0.15) is 5.56 Å². The molecule has 0 unspecified atom stereocenters. The molecule has 5 nitrogen and oxygen atoms in total. The van der Waals surface area contributed by atoms with Gasteiger partial charge in [0.05, 0.1) is 11.0 Å². The van der Waals surface area contributed by atoms with Gasteiger partial charge in [0.15, 0.2) is 0 Å². The summed E-state index contributed by atoms with van der Waals surface area (Å²) in [7, 11) is 0. The number of anilines is 1. The molecular weight excluding hydrogens is 360 g/mol. The van der Waals surface area contributed by atoms with E-state index in [1.54, 1.807) is 18.5 Å². The van der Waals surface area contributed by atoms with Gasteiger partial charge in [-0.15, -0.1) is 0 Å². The molecule has 0 aliphatic carbocycles. The molecule has 2 aromatic carbocycles. The molecule has 134 valence electrons. The zero-order valence-electron chi connectivity index (χ0n) is 14.7. The Labute approximate surface area is 161 Å². The largest absolute Gasteiger partial charge is 0.324 e. The van der Waals surface area contributed by atoms with Gasteiger partial charge in [-0.1, -0.05) is 29.8 Å². The van der Waals surface area contributed by atoms with Gasteiger partial charge in [0.2, 0.25) is 5.91 Å². The van der Waals surface area contributed by atoms with Gasteiger partial charge < -0.3 is 9.88 Å². The lowest BCUT2D eigenvalue weighted by atomic mass is 10.2. The van der Waals surface area contributed by atoms with Gasteiger partial charge in [-0.2, -0.15) is 0 Å². The summed E-state index contributed by atoms with van der Waals surface area (Å²) in [5.41, 5.74) is 4.30. The number of hydrogen-bond acceptors (Lipinski definition) is 3. The number of carbonyl (C=O) groups excluding carboxylic acids is 1. The van der Waals surface area contributed by atoms with Gasteiger partial charge in [0, 0.05) is 28.7 Å². The number of aromatic nitrogens is 3. The number of imidazole rings is 1. The van der Waals surface area contributed by atoms with Crippen LogP contribution in [0.4, 0.5) is 5.69 Å². The predicted molar refractivity (Wildman–Crippen MR) is 108 cm³/mol. The van der Waals surface area contributed by atoms with Crippen LogP contribution >= 0.6 is 11.6 Å². The number of benzene rings is 2. The number of amides is 1. The van der Waals surface area contributed by atoms with Crippen molar-refractivity contribution < 1.29 is 4.79 Å². The average molecular weight is 377 g/mol. The molecule has 4 aromatic rings. The number of halogens is 1. The summed E-state index contributed by atoms with van der Waals surface area (Å²) in [4.78, 5) is 21.4. The van der Waals surface area contributed by atoms with Crippen LogP contribution in [0.15, 0.2) is 67.0 Å². The second kappa shape index (κ2) is 7.21. The number of hydrogen-bond donors (Lipinski definition) is 1. The van der Waals surface area contributed by atoms with E-state index >= 15 is 0 Å². The topological polar surface area (TPSA) is 59.8 Å². The van der Waals surface area contributed by atoms with E-state index in [1.807, 2.05) is 60.0 Å². The molecule has 2 heterocycles. The van der Waals surface area contributed by atoms with Gasteiger partial charge in [-0.25, -0.2) is 4.98 Å². The summed E-state index contributed by atoms with van der Waals surface area (Å²) in [6.07, 6.45) is 3.43. The molecule has 1 N–H and O–H groups in total. The third kappa shape index (κ3) is 3.55. The third-order valence-corrected chi connectivity index (χ3v) is 4.76. The van der Waals surface area contributed by atoms with Crippen LogP contribution < -0.4 is 5.32 Å². The van der Waals surface area contributed by atoms with Crippen molar-refractivity contribution in [3.8, 4) is 11.4 Å². The lowest BCUT2D eigenvalue weighted by Gasteiger charge is -2.11. The summed E-state index contributed by atoms with van der Waals surface area (Å²) in [5.74, 6) is 0.587. The van der Waals surface area contributed by atoms with Crippen molar-refractivity contribution in [2.45, 2.75) is 13.5 Å². The minimum atomic E-state index is -0.145. The van der Waals surface area contributed by atoms with Gasteiger partial charge in [0.25, 0.3) is 0 Å². The SMILES string of the molecule is Cc1ccc(NC(=O)Cn2c(-c3ccncc3)nc3ccccc32)cc1Cl. The Balaban J connectivity index is 1.68. The molecule has 0 atom stereocenters. The maximum atomic E-state index is 12.7. The number of nitrogens with zero attached hydrogens (tertiary/aromatic N) is 3. The number of nitrogens with one attached hydrogen (secondary N) is 1. The number of aryl methyl sites for hydroxylation is 1. The zero-order valence-corrected chi connectivity index (χ0v) is 15.4. The number of pyridine rings is 1. The molecule has 6 heteroatoms. The summed E-state index contributed by atoms with van der Waals surface area (Å²) < 4.78 is 1.91. The number of para-hydroxylation sites is 2. The lowest BCUT2D eigenvalue weighted by Crippen LogP contribution is -2.19. The van der Waals surface area contributed by atoms with Crippen LogP contribution in [0, 0.1) is 6.92 Å². The molecule has 0 bridgehead atoms. The van der Waals surface area contributed by atoms with Gasteiger partial charge in [0.1, 0.15) is 12.4 Å². The normalized spacial score (nSPS) is 10.9. The Bertz CT molecular complexity index is 1120. The van der Waals surface area contributed by atoms with Crippen molar-refractivity contribution in [1.29, 1.82) is 0 Å². The van der Waals surface area contributed by atoms with Crippen LogP contribution in [0.3, 0.4) is 0 Å². The molecule has 2 aromatic heterocycles. The van der Waals surface area contributed by atoms with E-state index in [-0.39, 0.29) is 12.5 Å². The average Bonchev–Trinajstić information content (AvgIpc) is 3.04. The number of fused-ring (bicyclic) bond motifs is 1. The van der Waals surface area contributed by atoms with E-state index in [1.165, 1.54) is 0 Å². The molecule has 0 aliphatic heterocycles. The van der Waals surface area contributed by atoms with Crippen molar-refractivity contribution in [3.63, 3.8) is 0 Å². The molecule has 0 radical (unpaired) electrons. The van der Waals surface area contributed by atoms with Gasteiger partial charge >= 0.3 is 0 Å². The lowest BCUT2D eigenvalue weighted by molar-refractivity contribution is -0.116. The Morgan fingerprint density at radius 3 is 2.67 bits per heavy atom. The van der Waals surface area contributed by atoms with Crippen molar-refractivity contribution in [1.82, 2.24) is 14.5 Å². The third-order valence-electron chi connectivity index (χ3n) is 4.35. The maximum absolute atomic E-state index is 12.7. The molecule has 0 saturated carbocycles. The Hall–Kier alpha value is -3.18. The van der Waals surface area contributed by atoms with E-state index < -0.39 is 0 Å². The monoisotopic (exact) mass is 376 g/mol. The fourth-order valence-electron chi connectivity index (χ4n) is 2.97. The van der Waals surface area contributed by atoms with Crippen molar-refractivity contribution in [2.75, 3.05) is 5.32 Å². The van der Waals surface area contributed by atoms with Crippen LogP contribution in [0.25, 0.3) is 22.4 Å². The van der Waals surface area contributed by atoms with E-state index in [0.29, 0.717) is 10.7 Å². The first kappa shape index (κ1) is 17.2. The minimum Gasteiger partial charge on any atom is -0.324 e. The van der Waals surface area contributed by atoms with E-state index in [2.05, 4.69) is 10.3 Å². The highest BCUT2D eigenvalue weighted by Gasteiger charge is 2.15. The summed E-state index contributed by atoms with van der Waals surface area (Å²) in [6, 6.07) is 17.0. The zero-order chi connectivity index (χ0) is 18.8. The second-order valence-corrected chi connectivity index (χ2v) is 6.67. The van der Waals surface area contributed by atoms with E-state index in [9.17, 15) is 4.79 Å². The first-order valence-corrected chi connectivity index (χ1v) is 8.91. The fraction of sp³-hybridized carbons (Fsp3) is 0.0952. The van der Waals surface area contributed by atoms with Crippen molar-refractivity contribution >= 4 is 34.2 Å². The van der Waals surface area contributed by atoms with Gasteiger partial charge in [-0.3, -0.25) is 9.78 Å². The fourth-order valence-corrected chi connectivity index (χ4v) is 3.15. The summed E-state index contributed by atoms with van der Waals surface area (Å²) in [5, 5.41) is 3.53. The predicted octanol–water partition coefficient (Wildman–Crippen LogP) is 4.70. The molecule has 0 aliphatic rings. The van der Waals surface area contributed by atoms with Crippen LogP contribution in [0.2, 0.25) is 5.02 Å². The van der Waals surface area contributed by atoms with E-state index in [4.69, 9.17) is 16.6 Å². The first-order chi connectivity index (χ1) is 13.1.